The Morgan fingerprint density at radius 1 is 1.35 bits per heavy atom. The standard InChI is InChI=1S/C12H15BrN4/c1-16-6-2-3-9(7-16)12-15-14-11-5-4-10(13)8-17(11)12/h4-5,8-9H,2-3,6-7H2,1H3. The summed E-state index contributed by atoms with van der Waals surface area (Å²) in [5.41, 5.74) is 0.927. The molecule has 2 aromatic rings. The number of nitrogens with zero attached hydrogens (tertiary/aromatic N) is 4. The van der Waals surface area contributed by atoms with E-state index in [0.29, 0.717) is 5.92 Å². The third-order valence-corrected chi connectivity index (χ3v) is 3.85. The van der Waals surface area contributed by atoms with Gasteiger partial charge in [-0.1, -0.05) is 0 Å². The summed E-state index contributed by atoms with van der Waals surface area (Å²) in [6.07, 6.45) is 4.50. The van der Waals surface area contributed by atoms with Gasteiger partial charge in [-0.05, 0) is 54.5 Å². The average molecular weight is 295 g/mol. The number of rotatable bonds is 1. The number of pyridine rings is 1. The zero-order chi connectivity index (χ0) is 11.8. The van der Waals surface area contributed by atoms with Crippen molar-refractivity contribution in [3.63, 3.8) is 0 Å². The van der Waals surface area contributed by atoms with Crippen molar-refractivity contribution in [2.24, 2.45) is 0 Å². The molecule has 1 unspecified atom stereocenters. The molecule has 0 amide bonds. The van der Waals surface area contributed by atoms with Crippen LogP contribution in [0.2, 0.25) is 0 Å². The fraction of sp³-hybridized carbons (Fsp3) is 0.500. The highest BCUT2D eigenvalue weighted by atomic mass is 79.9. The molecular formula is C12H15BrN4. The number of fused-ring (bicyclic) bond motifs is 1. The van der Waals surface area contributed by atoms with Crippen LogP contribution in [0.5, 0.6) is 0 Å². The Hall–Kier alpha value is -0.940. The molecule has 1 saturated heterocycles. The summed E-state index contributed by atoms with van der Waals surface area (Å²) in [4.78, 5) is 2.37. The van der Waals surface area contributed by atoms with Crippen LogP contribution in [0.25, 0.3) is 5.65 Å². The molecule has 4 nitrogen and oxygen atoms in total. The summed E-state index contributed by atoms with van der Waals surface area (Å²) in [6, 6.07) is 3.99. The van der Waals surface area contributed by atoms with Gasteiger partial charge in [0.1, 0.15) is 5.82 Å². The van der Waals surface area contributed by atoms with E-state index in [1.165, 1.54) is 19.4 Å². The van der Waals surface area contributed by atoms with Crippen LogP contribution in [-0.4, -0.2) is 39.6 Å². The summed E-state index contributed by atoms with van der Waals surface area (Å²) >= 11 is 3.50. The monoisotopic (exact) mass is 294 g/mol. The van der Waals surface area contributed by atoms with Crippen molar-refractivity contribution in [1.29, 1.82) is 0 Å². The van der Waals surface area contributed by atoms with Crippen LogP contribution in [0.15, 0.2) is 22.8 Å². The van der Waals surface area contributed by atoms with Gasteiger partial charge in [0.05, 0.1) is 0 Å². The third kappa shape index (κ3) is 2.09. The molecule has 0 N–H and O–H groups in total. The largest absolute Gasteiger partial charge is 0.306 e. The van der Waals surface area contributed by atoms with Crippen molar-refractivity contribution in [3.05, 3.63) is 28.6 Å². The minimum absolute atomic E-state index is 0.498. The van der Waals surface area contributed by atoms with Gasteiger partial charge in [-0.25, -0.2) is 0 Å². The molecule has 0 aromatic carbocycles. The second kappa shape index (κ2) is 4.38. The maximum Gasteiger partial charge on any atom is 0.160 e. The van der Waals surface area contributed by atoms with Crippen molar-refractivity contribution in [3.8, 4) is 0 Å². The lowest BCUT2D eigenvalue weighted by molar-refractivity contribution is 0.245. The molecule has 1 atom stereocenters. The number of piperidine rings is 1. The molecule has 1 aliphatic rings. The first-order valence-corrected chi connectivity index (χ1v) is 6.72. The van der Waals surface area contributed by atoms with Crippen molar-refractivity contribution in [2.75, 3.05) is 20.1 Å². The van der Waals surface area contributed by atoms with Gasteiger partial charge in [0.25, 0.3) is 0 Å². The molecule has 2 aromatic heterocycles. The molecule has 0 radical (unpaired) electrons. The summed E-state index contributed by atoms with van der Waals surface area (Å²) < 4.78 is 3.17. The van der Waals surface area contributed by atoms with Crippen LogP contribution in [0.1, 0.15) is 24.6 Å². The summed E-state index contributed by atoms with van der Waals surface area (Å²) in [5.74, 6) is 1.59. The Morgan fingerprint density at radius 2 is 2.24 bits per heavy atom. The van der Waals surface area contributed by atoms with Gasteiger partial charge < -0.3 is 4.90 Å². The molecule has 3 heterocycles. The number of likely N-dealkylation sites (N-methyl/N-ethyl adjacent to an activating group) is 1. The predicted molar refractivity (Wildman–Crippen MR) is 70.2 cm³/mol. The van der Waals surface area contributed by atoms with E-state index in [-0.39, 0.29) is 0 Å². The molecule has 90 valence electrons. The van der Waals surface area contributed by atoms with Crippen LogP contribution in [-0.2, 0) is 0 Å². The maximum atomic E-state index is 4.36. The average Bonchev–Trinajstić information content (AvgIpc) is 2.71. The van der Waals surface area contributed by atoms with Gasteiger partial charge in [-0.15, -0.1) is 10.2 Å². The van der Waals surface area contributed by atoms with Crippen molar-refractivity contribution >= 4 is 21.6 Å². The summed E-state index contributed by atoms with van der Waals surface area (Å²) in [6.45, 7) is 2.27. The molecule has 3 rings (SSSR count). The lowest BCUT2D eigenvalue weighted by Gasteiger charge is -2.28. The molecule has 1 fully saturated rings. The van der Waals surface area contributed by atoms with Crippen LogP contribution >= 0.6 is 15.9 Å². The Morgan fingerprint density at radius 3 is 3.06 bits per heavy atom. The summed E-state index contributed by atoms with van der Waals surface area (Å²) in [7, 11) is 2.17. The number of likely N-dealkylation sites (tertiary alicyclic amines) is 1. The van der Waals surface area contributed by atoms with E-state index in [9.17, 15) is 0 Å². The van der Waals surface area contributed by atoms with E-state index in [1.54, 1.807) is 0 Å². The van der Waals surface area contributed by atoms with E-state index >= 15 is 0 Å². The molecule has 1 aliphatic heterocycles. The van der Waals surface area contributed by atoms with E-state index in [0.717, 1.165) is 22.5 Å². The van der Waals surface area contributed by atoms with Gasteiger partial charge in [0.2, 0.25) is 0 Å². The summed E-state index contributed by atoms with van der Waals surface area (Å²) in [5, 5.41) is 8.59. The second-order valence-corrected chi connectivity index (χ2v) is 5.65. The number of hydrogen-bond acceptors (Lipinski definition) is 3. The van der Waals surface area contributed by atoms with Gasteiger partial charge in [-0.3, -0.25) is 4.40 Å². The van der Waals surface area contributed by atoms with Crippen molar-refractivity contribution in [1.82, 2.24) is 19.5 Å². The van der Waals surface area contributed by atoms with Crippen molar-refractivity contribution in [2.45, 2.75) is 18.8 Å². The molecule has 17 heavy (non-hydrogen) atoms. The van der Waals surface area contributed by atoms with Crippen molar-refractivity contribution < 1.29 is 0 Å². The SMILES string of the molecule is CN1CCCC(c2nnc3ccc(Br)cn23)C1. The Bertz CT molecular complexity index is 536. The normalized spacial score (nSPS) is 22.1. The van der Waals surface area contributed by atoms with Gasteiger partial charge >= 0.3 is 0 Å². The highest BCUT2D eigenvalue weighted by Gasteiger charge is 2.23. The Labute approximate surface area is 109 Å². The molecule has 5 heteroatoms. The highest BCUT2D eigenvalue weighted by molar-refractivity contribution is 9.10. The number of hydrogen-bond donors (Lipinski definition) is 0. The highest BCUT2D eigenvalue weighted by Crippen LogP contribution is 2.25. The zero-order valence-electron chi connectivity index (χ0n) is 9.80. The molecule has 0 aliphatic carbocycles. The zero-order valence-corrected chi connectivity index (χ0v) is 11.4. The molecular weight excluding hydrogens is 280 g/mol. The van der Waals surface area contributed by atoms with Gasteiger partial charge in [0, 0.05) is 23.1 Å². The quantitative estimate of drug-likeness (QED) is 0.809. The minimum atomic E-state index is 0.498. The van der Waals surface area contributed by atoms with Crippen LogP contribution in [0, 0.1) is 0 Å². The third-order valence-electron chi connectivity index (χ3n) is 3.38. The maximum absolute atomic E-state index is 4.36. The first kappa shape index (κ1) is 11.2. The first-order valence-electron chi connectivity index (χ1n) is 5.93. The van der Waals surface area contributed by atoms with E-state index in [1.807, 2.05) is 12.1 Å². The lowest BCUT2D eigenvalue weighted by atomic mass is 9.98. The van der Waals surface area contributed by atoms with E-state index in [4.69, 9.17) is 0 Å². The lowest BCUT2D eigenvalue weighted by Crippen LogP contribution is -2.31. The Kier molecular flexibility index (Phi) is 2.88. The van der Waals surface area contributed by atoms with Gasteiger partial charge in [-0.2, -0.15) is 0 Å². The minimum Gasteiger partial charge on any atom is -0.306 e. The second-order valence-electron chi connectivity index (χ2n) is 4.74. The number of halogens is 1. The van der Waals surface area contributed by atoms with Crippen LogP contribution in [0.3, 0.4) is 0 Å². The van der Waals surface area contributed by atoms with Gasteiger partial charge in [0.15, 0.2) is 5.65 Å². The smallest absolute Gasteiger partial charge is 0.160 e. The molecule has 0 saturated carbocycles. The van der Waals surface area contributed by atoms with E-state index in [2.05, 4.69) is 48.7 Å². The van der Waals surface area contributed by atoms with E-state index < -0.39 is 0 Å². The fourth-order valence-corrected chi connectivity index (χ4v) is 2.88. The van der Waals surface area contributed by atoms with Crippen LogP contribution < -0.4 is 0 Å². The first-order chi connectivity index (χ1) is 8.24. The predicted octanol–water partition coefficient (Wildman–Crippen LogP) is 2.30. The number of aromatic nitrogens is 3. The Balaban J connectivity index is 2.01. The molecule has 0 bridgehead atoms. The topological polar surface area (TPSA) is 33.4 Å². The fourth-order valence-electron chi connectivity index (χ4n) is 2.54. The van der Waals surface area contributed by atoms with Crippen LogP contribution in [0.4, 0.5) is 0 Å². The molecule has 0 spiro atoms.